The molecule has 0 fully saturated rings. The van der Waals surface area contributed by atoms with Crippen molar-refractivity contribution in [2.45, 2.75) is 46.2 Å². The number of anilines is 1. The number of hydrogen-bond acceptors (Lipinski definition) is 3. The maximum absolute atomic E-state index is 4.17. The topological polar surface area (TPSA) is 37.0 Å². The highest BCUT2D eigenvalue weighted by Crippen LogP contribution is 2.18. The molecule has 3 heteroatoms. The molecule has 1 aromatic rings. The van der Waals surface area contributed by atoms with Crippen molar-refractivity contribution in [2.75, 3.05) is 11.9 Å². The van der Waals surface area contributed by atoms with Gasteiger partial charge in [0.1, 0.15) is 0 Å². The lowest BCUT2D eigenvalue weighted by Crippen LogP contribution is -2.27. The van der Waals surface area contributed by atoms with Crippen LogP contribution < -0.4 is 10.6 Å². The average molecular weight is 221 g/mol. The summed E-state index contributed by atoms with van der Waals surface area (Å²) >= 11 is 0. The first-order chi connectivity index (χ1) is 7.53. The van der Waals surface area contributed by atoms with Crippen molar-refractivity contribution < 1.29 is 0 Å². The highest BCUT2D eigenvalue weighted by atomic mass is 15.0. The van der Waals surface area contributed by atoms with Crippen molar-refractivity contribution in [3.63, 3.8) is 0 Å². The van der Waals surface area contributed by atoms with Gasteiger partial charge in [-0.15, -0.1) is 0 Å². The van der Waals surface area contributed by atoms with E-state index in [1.54, 1.807) is 0 Å². The quantitative estimate of drug-likeness (QED) is 0.751. The Morgan fingerprint density at radius 1 is 1.31 bits per heavy atom. The molecule has 0 aliphatic heterocycles. The van der Waals surface area contributed by atoms with E-state index in [1.165, 1.54) is 5.56 Å². The van der Waals surface area contributed by atoms with Crippen molar-refractivity contribution in [3.8, 4) is 0 Å². The molecule has 2 N–H and O–H groups in total. The fourth-order valence-electron chi connectivity index (χ4n) is 1.49. The minimum absolute atomic E-state index is 0.0720. The predicted octanol–water partition coefficient (Wildman–Crippen LogP) is 2.79. The first-order valence-corrected chi connectivity index (χ1v) is 5.94. The van der Waals surface area contributed by atoms with E-state index in [9.17, 15) is 0 Å². The molecule has 0 atom stereocenters. The van der Waals surface area contributed by atoms with Gasteiger partial charge in [0.15, 0.2) is 0 Å². The van der Waals surface area contributed by atoms with Gasteiger partial charge >= 0.3 is 0 Å². The van der Waals surface area contributed by atoms with Gasteiger partial charge in [-0.3, -0.25) is 4.98 Å². The van der Waals surface area contributed by atoms with Gasteiger partial charge in [0.05, 0.1) is 11.9 Å². The third kappa shape index (κ3) is 4.62. The van der Waals surface area contributed by atoms with Gasteiger partial charge in [0.2, 0.25) is 0 Å². The van der Waals surface area contributed by atoms with Crippen molar-refractivity contribution in [1.29, 1.82) is 0 Å². The summed E-state index contributed by atoms with van der Waals surface area (Å²) in [6.07, 6.45) is 4.90. The number of rotatable bonds is 5. The van der Waals surface area contributed by atoms with Crippen LogP contribution in [0.15, 0.2) is 18.5 Å². The molecule has 90 valence electrons. The predicted molar refractivity (Wildman–Crippen MR) is 69.6 cm³/mol. The Labute approximate surface area is 98.7 Å². The summed E-state index contributed by atoms with van der Waals surface area (Å²) in [5.41, 5.74) is 2.47. The van der Waals surface area contributed by atoms with Crippen LogP contribution in [0, 0.1) is 0 Å². The van der Waals surface area contributed by atoms with Crippen LogP contribution in [0.3, 0.4) is 0 Å². The van der Waals surface area contributed by atoms with Gasteiger partial charge in [-0.2, -0.15) is 0 Å². The molecule has 3 nitrogen and oxygen atoms in total. The molecule has 0 saturated heterocycles. The van der Waals surface area contributed by atoms with Crippen LogP contribution in [0.5, 0.6) is 0 Å². The number of hydrogen-bond donors (Lipinski definition) is 2. The lowest BCUT2D eigenvalue weighted by molar-refractivity contribution is 0.627. The fraction of sp³-hybridized carbons (Fsp3) is 0.615. The molecule has 0 saturated carbocycles. The molecule has 0 amide bonds. The van der Waals surface area contributed by atoms with Crippen molar-refractivity contribution in [3.05, 3.63) is 24.0 Å². The summed E-state index contributed by atoms with van der Waals surface area (Å²) in [4.78, 5) is 4.17. The van der Waals surface area contributed by atoms with E-state index in [4.69, 9.17) is 0 Å². The van der Waals surface area contributed by atoms with Crippen LogP contribution in [0.1, 0.15) is 39.7 Å². The minimum Gasteiger partial charge on any atom is -0.379 e. The first-order valence-electron chi connectivity index (χ1n) is 5.94. The Bertz CT molecular complexity index is 315. The summed E-state index contributed by atoms with van der Waals surface area (Å²) in [5.74, 6) is 0. The summed E-state index contributed by atoms with van der Waals surface area (Å²) < 4.78 is 0. The van der Waals surface area contributed by atoms with Crippen LogP contribution in [-0.2, 0) is 6.54 Å². The molecule has 1 rings (SSSR count). The Morgan fingerprint density at radius 3 is 2.69 bits per heavy atom. The summed E-state index contributed by atoms with van der Waals surface area (Å²) in [6, 6.07) is 2.07. The zero-order valence-electron chi connectivity index (χ0n) is 10.8. The molecule has 1 aromatic heterocycles. The van der Waals surface area contributed by atoms with Crippen molar-refractivity contribution >= 4 is 5.69 Å². The van der Waals surface area contributed by atoms with E-state index in [-0.39, 0.29) is 5.54 Å². The van der Waals surface area contributed by atoms with Gasteiger partial charge in [0.25, 0.3) is 0 Å². The molecule has 0 aliphatic rings. The molecule has 0 spiro atoms. The van der Waals surface area contributed by atoms with E-state index >= 15 is 0 Å². The van der Waals surface area contributed by atoms with Crippen molar-refractivity contribution in [1.82, 2.24) is 10.3 Å². The SMILES string of the molecule is CCCNCc1ccncc1NC(C)(C)C. The molecule has 0 unspecified atom stereocenters. The molecule has 16 heavy (non-hydrogen) atoms. The fourth-order valence-corrected chi connectivity index (χ4v) is 1.49. The monoisotopic (exact) mass is 221 g/mol. The number of aromatic nitrogens is 1. The van der Waals surface area contributed by atoms with Gasteiger partial charge in [0, 0.05) is 18.3 Å². The Morgan fingerprint density at radius 2 is 2.06 bits per heavy atom. The van der Waals surface area contributed by atoms with Gasteiger partial charge in [-0.05, 0) is 45.4 Å². The molecule has 1 heterocycles. The normalized spacial score (nSPS) is 11.5. The maximum Gasteiger partial charge on any atom is 0.0576 e. The van der Waals surface area contributed by atoms with Gasteiger partial charge in [-0.25, -0.2) is 0 Å². The number of nitrogens with zero attached hydrogens (tertiary/aromatic N) is 1. The summed E-state index contributed by atoms with van der Waals surface area (Å²) in [6.45, 7) is 10.6. The van der Waals surface area contributed by atoms with Crippen LogP contribution in [0.25, 0.3) is 0 Å². The molecular formula is C13H23N3. The lowest BCUT2D eigenvalue weighted by Gasteiger charge is -2.23. The van der Waals surface area contributed by atoms with Crippen LogP contribution in [0.4, 0.5) is 5.69 Å². The van der Waals surface area contributed by atoms with Crippen molar-refractivity contribution in [2.24, 2.45) is 0 Å². The summed E-state index contributed by atoms with van der Waals surface area (Å²) in [7, 11) is 0. The standard InChI is InChI=1S/C13H23N3/c1-5-7-14-9-11-6-8-15-10-12(11)16-13(2,3)4/h6,8,10,14,16H,5,7,9H2,1-4H3. The van der Waals surface area contributed by atoms with Crippen LogP contribution >= 0.6 is 0 Å². The van der Waals surface area contributed by atoms with E-state index in [0.29, 0.717) is 0 Å². The molecule has 0 radical (unpaired) electrons. The van der Waals surface area contributed by atoms with E-state index in [0.717, 1.165) is 25.2 Å². The third-order valence-corrected chi connectivity index (χ3v) is 2.16. The lowest BCUT2D eigenvalue weighted by atomic mass is 10.1. The van der Waals surface area contributed by atoms with E-state index in [2.05, 4.69) is 49.4 Å². The zero-order valence-corrected chi connectivity index (χ0v) is 10.8. The largest absolute Gasteiger partial charge is 0.379 e. The number of nitrogens with one attached hydrogen (secondary N) is 2. The zero-order chi connectivity index (χ0) is 12.0. The molecule has 0 aliphatic carbocycles. The van der Waals surface area contributed by atoms with Crippen LogP contribution in [-0.4, -0.2) is 17.1 Å². The number of pyridine rings is 1. The second kappa shape index (κ2) is 5.85. The highest BCUT2D eigenvalue weighted by molar-refractivity contribution is 5.50. The maximum atomic E-state index is 4.17. The van der Waals surface area contributed by atoms with Gasteiger partial charge in [-0.1, -0.05) is 6.92 Å². The van der Waals surface area contributed by atoms with E-state index < -0.39 is 0 Å². The second-order valence-electron chi connectivity index (χ2n) is 5.08. The van der Waals surface area contributed by atoms with Crippen LogP contribution in [0.2, 0.25) is 0 Å². The Kier molecular flexibility index (Phi) is 4.74. The molecule has 0 aromatic carbocycles. The first kappa shape index (κ1) is 13.0. The minimum atomic E-state index is 0.0720. The highest BCUT2D eigenvalue weighted by Gasteiger charge is 2.11. The second-order valence-corrected chi connectivity index (χ2v) is 5.08. The Balaban J connectivity index is 2.68. The summed E-state index contributed by atoms with van der Waals surface area (Å²) in [5, 5.41) is 6.88. The Hall–Kier alpha value is -1.09. The smallest absolute Gasteiger partial charge is 0.0576 e. The average Bonchev–Trinajstić information content (AvgIpc) is 2.19. The molecule has 0 bridgehead atoms. The molecular weight excluding hydrogens is 198 g/mol. The van der Waals surface area contributed by atoms with E-state index in [1.807, 2.05) is 12.4 Å². The van der Waals surface area contributed by atoms with Gasteiger partial charge < -0.3 is 10.6 Å². The third-order valence-electron chi connectivity index (χ3n) is 2.16.